The van der Waals surface area contributed by atoms with Crippen molar-refractivity contribution in [2.24, 2.45) is 0 Å². The van der Waals surface area contributed by atoms with E-state index in [1.54, 1.807) is 0 Å². The van der Waals surface area contributed by atoms with Crippen molar-refractivity contribution >= 4 is 23.1 Å². The molecule has 0 spiro atoms. The van der Waals surface area contributed by atoms with E-state index in [0.29, 0.717) is 25.9 Å². The lowest BCUT2D eigenvalue weighted by molar-refractivity contribution is -0.116. The monoisotopic (exact) mass is 407 g/mol. The van der Waals surface area contributed by atoms with E-state index in [0.717, 1.165) is 61.0 Å². The van der Waals surface area contributed by atoms with Crippen LogP contribution in [-0.4, -0.2) is 55.9 Å². The molecule has 0 aliphatic carbocycles. The van der Waals surface area contributed by atoms with Gasteiger partial charge in [-0.3, -0.25) is 14.5 Å². The van der Waals surface area contributed by atoms with Crippen molar-refractivity contribution in [1.82, 2.24) is 4.90 Å². The third-order valence-electron chi connectivity index (χ3n) is 5.89. The van der Waals surface area contributed by atoms with Crippen LogP contribution in [0, 0.1) is 0 Å². The van der Waals surface area contributed by atoms with E-state index in [2.05, 4.69) is 21.2 Å². The summed E-state index contributed by atoms with van der Waals surface area (Å²) >= 11 is 0. The van der Waals surface area contributed by atoms with Gasteiger partial charge in [-0.1, -0.05) is 24.3 Å². The molecule has 2 aromatic carbocycles. The van der Waals surface area contributed by atoms with E-state index in [9.17, 15) is 9.59 Å². The second kappa shape index (κ2) is 9.30. The zero-order valence-corrected chi connectivity index (χ0v) is 17.5. The first kappa shape index (κ1) is 20.4. The topological polar surface area (TPSA) is 61.9 Å². The highest BCUT2D eigenvalue weighted by atomic mass is 16.5. The van der Waals surface area contributed by atoms with Gasteiger partial charge in [-0.25, -0.2) is 0 Å². The Bertz CT molecular complexity index is 920. The van der Waals surface area contributed by atoms with E-state index in [4.69, 9.17) is 4.74 Å². The molecule has 2 aliphatic rings. The third kappa shape index (κ3) is 4.49. The molecular weight excluding hydrogens is 378 g/mol. The molecule has 1 amide bonds. The van der Waals surface area contributed by atoms with Crippen molar-refractivity contribution < 1.29 is 14.3 Å². The Hall–Kier alpha value is -2.86. The van der Waals surface area contributed by atoms with Crippen LogP contribution >= 0.6 is 0 Å². The number of hydrogen-bond acceptors (Lipinski definition) is 5. The van der Waals surface area contributed by atoms with Gasteiger partial charge >= 0.3 is 0 Å². The summed E-state index contributed by atoms with van der Waals surface area (Å²) in [5, 5.41) is 2.88. The Balaban J connectivity index is 1.32. The molecular formula is C24H29N3O3. The number of carbonyl (C=O) groups is 2. The maximum absolute atomic E-state index is 12.9. The quantitative estimate of drug-likeness (QED) is 0.713. The zero-order chi connectivity index (χ0) is 20.9. The van der Waals surface area contributed by atoms with Gasteiger partial charge in [-0.05, 0) is 37.1 Å². The fraction of sp³-hybridized carbons (Fsp3) is 0.417. The van der Waals surface area contributed by atoms with Gasteiger partial charge in [-0.2, -0.15) is 0 Å². The van der Waals surface area contributed by atoms with Crippen LogP contribution in [0.4, 0.5) is 11.4 Å². The first-order chi connectivity index (χ1) is 14.7. The van der Waals surface area contributed by atoms with Crippen LogP contribution in [0.5, 0.6) is 5.75 Å². The zero-order valence-electron chi connectivity index (χ0n) is 17.5. The van der Waals surface area contributed by atoms with Gasteiger partial charge in [0.2, 0.25) is 5.91 Å². The predicted molar refractivity (Wildman–Crippen MR) is 119 cm³/mol. The number of benzene rings is 2. The molecule has 2 aromatic rings. The van der Waals surface area contributed by atoms with Gasteiger partial charge in [-0.15, -0.1) is 0 Å². The van der Waals surface area contributed by atoms with Crippen molar-refractivity contribution in [2.75, 3.05) is 49.5 Å². The van der Waals surface area contributed by atoms with Gasteiger partial charge < -0.3 is 15.0 Å². The molecule has 2 aliphatic heterocycles. The summed E-state index contributed by atoms with van der Waals surface area (Å²) in [6.45, 7) is 7.12. The molecule has 4 rings (SSSR count). The normalized spacial score (nSPS) is 16.7. The molecule has 0 bridgehead atoms. The van der Waals surface area contributed by atoms with Crippen LogP contribution in [0.15, 0.2) is 42.5 Å². The first-order valence-corrected chi connectivity index (χ1v) is 10.8. The fourth-order valence-electron chi connectivity index (χ4n) is 4.29. The number of fused-ring (bicyclic) bond motifs is 1. The molecule has 30 heavy (non-hydrogen) atoms. The Morgan fingerprint density at radius 2 is 1.83 bits per heavy atom. The number of Topliss-reactive ketones (excluding diaryl/α,β-unsaturated/α-hetero) is 1. The molecule has 1 N–H and O–H groups in total. The molecule has 2 heterocycles. The van der Waals surface area contributed by atoms with Crippen molar-refractivity contribution in [3.63, 3.8) is 0 Å². The van der Waals surface area contributed by atoms with Gasteiger partial charge in [0.1, 0.15) is 5.75 Å². The Morgan fingerprint density at radius 3 is 2.63 bits per heavy atom. The highest BCUT2D eigenvalue weighted by molar-refractivity contribution is 6.02. The van der Waals surface area contributed by atoms with E-state index >= 15 is 0 Å². The number of nitrogens with one attached hydrogen (secondary N) is 1. The predicted octanol–water partition coefficient (Wildman–Crippen LogP) is 3.37. The second-order valence-electron chi connectivity index (χ2n) is 7.78. The minimum Gasteiger partial charge on any atom is -0.492 e. The van der Waals surface area contributed by atoms with Crippen LogP contribution in [0.2, 0.25) is 0 Å². The summed E-state index contributed by atoms with van der Waals surface area (Å²) in [7, 11) is 0. The molecule has 0 saturated carbocycles. The van der Waals surface area contributed by atoms with Gasteiger partial charge in [0, 0.05) is 56.8 Å². The van der Waals surface area contributed by atoms with Crippen molar-refractivity contribution in [1.29, 1.82) is 0 Å². The number of ether oxygens (including phenoxy) is 1. The molecule has 1 fully saturated rings. The first-order valence-electron chi connectivity index (χ1n) is 10.8. The number of nitrogens with zero attached hydrogens (tertiary/aromatic N) is 2. The Morgan fingerprint density at radius 1 is 1.03 bits per heavy atom. The SMILES string of the molecule is CCOc1ccccc1N1CCN(CCC(=O)c2cccc3c2CCC(=O)N3)CC1. The minimum absolute atomic E-state index is 0.0240. The fourth-order valence-corrected chi connectivity index (χ4v) is 4.29. The summed E-state index contributed by atoms with van der Waals surface area (Å²) in [4.78, 5) is 29.2. The van der Waals surface area contributed by atoms with E-state index in [1.165, 1.54) is 0 Å². The molecule has 158 valence electrons. The van der Waals surface area contributed by atoms with Crippen LogP contribution in [-0.2, 0) is 11.2 Å². The molecule has 6 nitrogen and oxygen atoms in total. The van der Waals surface area contributed by atoms with Gasteiger partial charge in [0.25, 0.3) is 0 Å². The van der Waals surface area contributed by atoms with Gasteiger partial charge in [0.15, 0.2) is 5.78 Å². The maximum Gasteiger partial charge on any atom is 0.224 e. The maximum atomic E-state index is 12.9. The number of hydrogen-bond donors (Lipinski definition) is 1. The molecule has 6 heteroatoms. The number of carbonyl (C=O) groups excluding carboxylic acids is 2. The van der Waals surface area contributed by atoms with Gasteiger partial charge in [0.05, 0.1) is 12.3 Å². The van der Waals surface area contributed by atoms with Crippen LogP contribution in [0.1, 0.15) is 35.7 Å². The number of ketones is 1. The molecule has 0 unspecified atom stereocenters. The van der Waals surface area contributed by atoms with Crippen molar-refractivity contribution in [3.05, 3.63) is 53.6 Å². The summed E-state index contributed by atoms with van der Waals surface area (Å²) < 4.78 is 5.77. The second-order valence-corrected chi connectivity index (χ2v) is 7.78. The Labute approximate surface area is 177 Å². The molecule has 1 saturated heterocycles. The lowest BCUT2D eigenvalue weighted by atomic mass is 9.94. The largest absolute Gasteiger partial charge is 0.492 e. The van der Waals surface area contributed by atoms with E-state index < -0.39 is 0 Å². The average Bonchev–Trinajstić information content (AvgIpc) is 2.78. The number of amides is 1. The average molecular weight is 408 g/mol. The number of anilines is 2. The number of piperazine rings is 1. The minimum atomic E-state index is 0.0240. The molecule has 0 aromatic heterocycles. The van der Waals surface area contributed by atoms with Crippen LogP contribution < -0.4 is 15.0 Å². The number of rotatable bonds is 7. The van der Waals surface area contributed by atoms with Crippen LogP contribution in [0.3, 0.4) is 0 Å². The van der Waals surface area contributed by atoms with Crippen LogP contribution in [0.25, 0.3) is 0 Å². The van der Waals surface area contributed by atoms with E-state index in [-0.39, 0.29) is 11.7 Å². The standard InChI is InChI=1S/C24H29N3O3/c1-2-30-23-9-4-3-8-21(23)27-16-14-26(15-17-27)13-12-22(28)19-6-5-7-20-18(19)10-11-24(29)25-20/h3-9H,2,10-17H2,1H3,(H,25,29). The highest BCUT2D eigenvalue weighted by Gasteiger charge is 2.23. The number of para-hydroxylation sites is 2. The summed E-state index contributed by atoms with van der Waals surface area (Å²) in [6.07, 6.45) is 1.59. The molecule has 0 radical (unpaired) electrons. The Kier molecular flexibility index (Phi) is 6.33. The summed E-state index contributed by atoms with van der Waals surface area (Å²) in [5.41, 5.74) is 3.68. The smallest absolute Gasteiger partial charge is 0.224 e. The van der Waals surface area contributed by atoms with Crippen molar-refractivity contribution in [3.8, 4) is 5.75 Å². The lowest BCUT2D eigenvalue weighted by Crippen LogP contribution is -2.47. The van der Waals surface area contributed by atoms with Crippen molar-refractivity contribution in [2.45, 2.75) is 26.2 Å². The lowest BCUT2D eigenvalue weighted by Gasteiger charge is -2.36. The highest BCUT2D eigenvalue weighted by Crippen LogP contribution is 2.29. The molecule has 0 atom stereocenters. The summed E-state index contributed by atoms with van der Waals surface area (Å²) in [5.74, 6) is 1.12. The van der Waals surface area contributed by atoms with E-state index in [1.807, 2.05) is 43.3 Å². The third-order valence-corrected chi connectivity index (χ3v) is 5.89. The summed E-state index contributed by atoms with van der Waals surface area (Å²) in [6, 6.07) is 13.8.